The molecule has 2 aromatic rings. The summed E-state index contributed by atoms with van der Waals surface area (Å²) < 4.78 is 10.9. The second-order valence-electron chi connectivity index (χ2n) is 7.59. The number of rotatable bonds is 11. The Balaban J connectivity index is 2.02. The van der Waals surface area contributed by atoms with Crippen molar-refractivity contribution in [2.45, 2.75) is 40.0 Å². The molecule has 0 amide bonds. The Labute approximate surface area is 163 Å². The zero-order valence-corrected chi connectivity index (χ0v) is 17.0. The Morgan fingerprint density at radius 2 is 1.67 bits per heavy atom. The molecule has 4 heteroatoms. The fourth-order valence-corrected chi connectivity index (χ4v) is 3.03. The molecule has 0 aliphatic heterocycles. The van der Waals surface area contributed by atoms with Gasteiger partial charge in [0.25, 0.3) is 0 Å². The highest BCUT2D eigenvalue weighted by molar-refractivity contribution is 5.27. The molecular formula is C23H33NO3. The van der Waals surface area contributed by atoms with Crippen LogP contribution in [0.1, 0.15) is 30.5 Å². The molecule has 0 spiro atoms. The SMILES string of the molecule is COc1ccc(CN(Cc2cccc(C)c2)C[C@H](O)COCC(C)C)cc1. The van der Waals surface area contributed by atoms with Crippen LogP contribution in [0.3, 0.4) is 0 Å². The summed E-state index contributed by atoms with van der Waals surface area (Å²) in [5, 5.41) is 10.4. The summed E-state index contributed by atoms with van der Waals surface area (Å²) in [5.41, 5.74) is 3.69. The van der Waals surface area contributed by atoms with Crippen molar-refractivity contribution in [2.75, 3.05) is 26.9 Å². The first-order valence-electron chi connectivity index (χ1n) is 9.63. The van der Waals surface area contributed by atoms with Gasteiger partial charge in [-0.2, -0.15) is 0 Å². The van der Waals surface area contributed by atoms with E-state index >= 15 is 0 Å². The van der Waals surface area contributed by atoms with Crippen LogP contribution in [-0.2, 0) is 17.8 Å². The normalized spacial score (nSPS) is 12.6. The van der Waals surface area contributed by atoms with Crippen LogP contribution >= 0.6 is 0 Å². The van der Waals surface area contributed by atoms with Crippen LogP contribution in [-0.4, -0.2) is 43.0 Å². The number of ether oxygens (including phenoxy) is 2. The summed E-state index contributed by atoms with van der Waals surface area (Å²) in [6.45, 7) is 9.48. The van der Waals surface area contributed by atoms with Crippen LogP contribution in [0.4, 0.5) is 0 Å². The summed E-state index contributed by atoms with van der Waals surface area (Å²) in [5.74, 6) is 1.33. The molecule has 1 N–H and O–H groups in total. The maximum atomic E-state index is 10.4. The van der Waals surface area contributed by atoms with Crippen molar-refractivity contribution in [1.82, 2.24) is 4.90 Å². The van der Waals surface area contributed by atoms with E-state index in [4.69, 9.17) is 9.47 Å². The van der Waals surface area contributed by atoms with Crippen LogP contribution < -0.4 is 4.74 Å². The smallest absolute Gasteiger partial charge is 0.118 e. The average molecular weight is 372 g/mol. The summed E-state index contributed by atoms with van der Waals surface area (Å²) in [6.07, 6.45) is -0.508. The second kappa shape index (κ2) is 11.1. The van der Waals surface area contributed by atoms with Crippen LogP contribution in [0.25, 0.3) is 0 Å². The van der Waals surface area contributed by atoms with E-state index in [0.717, 1.165) is 18.8 Å². The van der Waals surface area contributed by atoms with Gasteiger partial charge in [-0.1, -0.05) is 55.8 Å². The largest absolute Gasteiger partial charge is 0.497 e. The maximum absolute atomic E-state index is 10.4. The molecule has 2 aromatic carbocycles. The Morgan fingerprint density at radius 3 is 2.30 bits per heavy atom. The van der Waals surface area contributed by atoms with Gasteiger partial charge >= 0.3 is 0 Å². The highest BCUT2D eigenvalue weighted by Gasteiger charge is 2.14. The van der Waals surface area contributed by atoms with Gasteiger partial charge in [-0.05, 0) is 36.1 Å². The van der Waals surface area contributed by atoms with Crippen molar-refractivity contribution in [2.24, 2.45) is 5.92 Å². The third-order valence-electron chi connectivity index (χ3n) is 4.28. The van der Waals surface area contributed by atoms with Crippen molar-refractivity contribution in [3.63, 3.8) is 0 Å². The monoisotopic (exact) mass is 371 g/mol. The Hall–Kier alpha value is -1.88. The number of methoxy groups -OCH3 is 1. The molecule has 2 rings (SSSR count). The number of aliphatic hydroxyl groups is 1. The van der Waals surface area contributed by atoms with E-state index in [0.29, 0.717) is 25.7 Å². The van der Waals surface area contributed by atoms with Crippen LogP contribution in [0.2, 0.25) is 0 Å². The standard InChI is InChI=1S/C23H33NO3/c1-18(2)16-27-17-22(25)15-24(14-21-7-5-6-19(3)12-21)13-20-8-10-23(26-4)11-9-20/h5-12,18,22,25H,13-17H2,1-4H3/t22-/m0/s1. The van der Waals surface area contributed by atoms with Crippen LogP contribution in [0.5, 0.6) is 5.75 Å². The Kier molecular flexibility index (Phi) is 8.79. The molecule has 0 unspecified atom stereocenters. The van der Waals surface area contributed by atoms with E-state index in [9.17, 15) is 5.11 Å². The lowest BCUT2D eigenvalue weighted by molar-refractivity contribution is 0.00554. The minimum atomic E-state index is -0.508. The van der Waals surface area contributed by atoms with Gasteiger partial charge in [-0.25, -0.2) is 0 Å². The van der Waals surface area contributed by atoms with E-state index in [1.165, 1.54) is 16.7 Å². The van der Waals surface area contributed by atoms with Crippen molar-refractivity contribution < 1.29 is 14.6 Å². The first-order chi connectivity index (χ1) is 13.0. The number of aryl methyl sites for hydroxylation is 1. The predicted molar refractivity (Wildman–Crippen MR) is 110 cm³/mol. The first-order valence-corrected chi connectivity index (χ1v) is 9.63. The first kappa shape index (κ1) is 21.4. The Morgan fingerprint density at radius 1 is 0.963 bits per heavy atom. The zero-order valence-electron chi connectivity index (χ0n) is 17.0. The fourth-order valence-electron chi connectivity index (χ4n) is 3.03. The quantitative estimate of drug-likeness (QED) is 0.647. The van der Waals surface area contributed by atoms with Gasteiger partial charge in [0.15, 0.2) is 0 Å². The zero-order chi connectivity index (χ0) is 19.6. The van der Waals surface area contributed by atoms with Crippen molar-refractivity contribution >= 4 is 0 Å². The molecule has 0 aliphatic rings. The molecule has 0 saturated carbocycles. The summed E-state index contributed by atoms with van der Waals surface area (Å²) in [7, 11) is 1.67. The molecule has 148 valence electrons. The van der Waals surface area contributed by atoms with E-state index in [1.54, 1.807) is 7.11 Å². The molecule has 0 heterocycles. The molecule has 0 bridgehead atoms. The van der Waals surface area contributed by atoms with Gasteiger partial charge in [0, 0.05) is 26.2 Å². The highest BCUT2D eigenvalue weighted by atomic mass is 16.5. The van der Waals surface area contributed by atoms with Gasteiger partial charge in [0.05, 0.1) is 19.8 Å². The van der Waals surface area contributed by atoms with Crippen molar-refractivity contribution in [1.29, 1.82) is 0 Å². The third kappa shape index (κ3) is 8.12. The lowest BCUT2D eigenvalue weighted by Gasteiger charge is -2.26. The molecule has 27 heavy (non-hydrogen) atoms. The molecule has 0 saturated heterocycles. The van der Waals surface area contributed by atoms with Gasteiger partial charge in [-0.15, -0.1) is 0 Å². The van der Waals surface area contributed by atoms with Gasteiger partial charge in [-0.3, -0.25) is 4.90 Å². The number of hydrogen-bond donors (Lipinski definition) is 1. The number of nitrogens with zero attached hydrogens (tertiary/aromatic N) is 1. The highest BCUT2D eigenvalue weighted by Crippen LogP contribution is 2.16. The van der Waals surface area contributed by atoms with Crippen molar-refractivity contribution in [3.05, 3.63) is 65.2 Å². The minimum absolute atomic E-state index is 0.366. The molecule has 0 radical (unpaired) electrons. The van der Waals surface area contributed by atoms with Gasteiger partial charge in [0.2, 0.25) is 0 Å². The number of hydrogen-bond acceptors (Lipinski definition) is 4. The molecule has 0 fully saturated rings. The summed E-state index contributed by atoms with van der Waals surface area (Å²) in [4.78, 5) is 2.26. The molecular weight excluding hydrogens is 338 g/mol. The maximum Gasteiger partial charge on any atom is 0.118 e. The Bertz CT molecular complexity index is 670. The van der Waals surface area contributed by atoms with Gasteiger partial charge < -0.3 is 14.6 Å². The van der Waals surface area contributed by atoms with E-state index in [1.807, 2.05) is 12.1 Å². The fraction of sp³-hybridized carbons (Fsp3) is 0.478. The van der Waals surface area contributed by atoms with E-state index < -0.39 is 6.10 Å². The molecule has 1 atom stereocenters. The molecule has 0 aromatic heterocycles. The van der Waals surface area contributed by atoms with E-state index in [-0.39, 0.29) is 0 Å². The van der Waals surface area contributed by atoms with Crippen LogP contribution in [0, 0.1) is 12.8 Å². The van der Waals surface area contributed by atoms with Crippen LogP contribution in [0.15, 0.2) is 48.5 Å². The second-order valence-corrected chi connectivity index (χ2v) is 7.59. The average Bonchev–Trinajstić information content (AvgIpc) is 2.62. The lowest BCUT2D eigenvalue weighted by Crippen LogP contribution is -2.34. The number of aliphatic hydroxyl groups excluding tert-OH is 1. The third-order valence-corrected chi connectivity index (χ3v) is 4.28. The molecule has 0 aliphatic carbocycles. The van der Waals surface area contributed by atoms with E-state index in [2.05, 4.69) is 62.1 Å². The van der Waals surface area contributed by atoms with Gasteiger partial charge in [0.1, 0.15) is 5.75 Å². The van der Waals surface area contributed by atoms with Crippen molar-refractivity contribution in [3.8, 4) is 5.75 Å². The summed E-state index contributed by atoms with van der Waals surface area (Å²) in [6, 6.07) is 16.6. The topological polar surface area (TPSA) is 41.9 Å². The number of benzene rings is 2. The predicted octanol–water partition coefficient (Wildman–Crippen LogP) is 4.04. The molecule has 4 nitrogen and oxygen atoms in total. The minimum Gasteiger partial charge on any atom is -0.497 e. The lowest BCUT2D eigenvalue weighted by atomic mass is 10.1. The summed E-state index contributed by atoms with van der Waals surface area (Å²) >= 11 is 0.